The molecule has 1 nitrogen and oxygen atoms in total. The van der Waals surface area contributed by atoms with Gasteiger partial charge in [-0.2, -0.15) is 0 Å². The van der Waals surface area contributed by atoms with Crippen LogP contribution < -0.4 is 5.32 Å². The monoisotopic (exact) mass is 113 g/mol. The first-order valence-corrected chi connectivity index (χ1v) is 3.66. The van der Waals surface area contributed by atoms with E-state index in [2.05, 4.69) is 5.32 Å². The summed E-state index contributed by atoms with van der Waals surface area (Å²) in [5.41, 5.74) is 0.679. The van der Waals surface area contributed by atoms with E-state index >= 15 is 0 Å². The average Bonchev–Trinajstić information content (AvgIpc) is 2.52. The van der Waals surface area contributed by atoms with E-state index < -0.39 is 0 Å². The molecule has 0 atom stereocenters. The average molecular weight is 113 g/mol. The lowest BCUT2D eigenvalue weighted by Crippen LogP contribution is -2.35. The van der Waals surface area contributed by atoms with Gasteiger partial charge in [0.1, 0.15) is 0 Å². The molecule has 2 rings (SSSR count). The molecule has 1 spiro atoms. The van der Waals surface area contributed by atoms with Gasteiger partial charge in [0, 0.05) is 6.97 Å². The topological polar surface area (TPSA) is 12.0 Å². The summed E-state index contributed by atoms with van der Waals surface area (Å²) < 4.78 is 0. The van der Waals surface area contributed by atoms with E-state index in [9.17, 15) is 0 Å². The molecular weight excluding hydrogens is 98.1 g/mol. The zero-order valence-corrected chi connectivity index (χ0v) is 5.24. The lowest BCUT2D eigenvalue weighted by Gasteiger charge is -2.22. The summed E-state index contributed by atoms with van der Waals surface area (Å²) in [7, 11) is 0. The largest absolute Gasteiger partial charge is 0.311 e. The van der Waals surface area contributed by atoms with Gasteiger partial charge in [-0.3, -0.25) is 0 Å². The van der Waals surface area contributed by atoms with Gasteiger partial charge >= 0.3 is 0 Å². The highest BCUT2D eigenvalue weighted by Crippen LogP contribution is 2.41. The van der Waals surface area contributed by atoms with Crippen LogP contribution in [-0.4, -0.2) is 12.1 Å². The van der Waals surface area contributed by atoms with E-state index in [1.54, 1.807) is 0 Å². The van der Waals surface area contributed by atoms with E-state index in [0.717, 1.165) is 0 Å². The van der Waals surface area contributed by atoms with Crippen LogP contribution in [0, 0.1) is 0 Å². The van der Waals surface area contributed by atoms with Gasteiger partial charge in [0.25, 0.3) is 0 Å². The molecule has 0 unspecified atom stereocenters. The molecule has 1 heterocycles. The molecule has 1 aliphatic carbocycles. The van der Waals surface area contributed by atoms with Crippen LogP contribution in [0.3, 0.4) is 0 Å². The molecule has 1 saturated carbocycles. The number of hydrogen-bond acceptors (Lipinski definition) is 1. The second kappa shape index (κ2) is 1.47. The van der Waals surface area contributed by atoms with Crippen LogP contribution in [0.5, 0.6) is 0 Å². The molecule has 0 amide bonds. The zero-order valence-electron chi connectivity index (χ0n) is 5.24. The lowest BCUT2D eigenvalue weighted by atomic mass is 10.0. The molecule has 0 aromatic rings. The van der Waals surface area contributed by atoms with Crippen molar-refractivity contribution < 1.29 is 1.43 Å². The third kappa shape index (κ3) is 0.655. The normalized spacial score (nSPS) is 33.0. The van der Waals surface area contributed by atoms with Crippen LogP contribution >= 0.6 is 0 Å². The van der Waals surface area contributed by atoms with Crippen molar-refractivity contribution in [2.75, 3.05) is 6.54 Å². The Morgan fingerprint density at radius 2 is 2.00 bits per heavy atom. The van der Waals surface area contributed by atoms with Crippen molar-refractivity contribution in [3.05, 3.63) is 0 Å². The predicted molar refractivity (Wildman–Crippen MR) is 35.9 cm³/mol. The summed E-state index contributed by atoms with van der Waals surface area (Å²) in [4.78, 5) is 0. The van der Waals surface area contributed by atoms with Gasteiger partial charge in [0.05, 0.1) is 0 Å². The maximum atomic E-state index is 3.57. The zero-order chi connectivity index (χ0) is 5.45. The number of nitrogens with one attached hydrogen (secondary N) is 1. The van der Waals surface area contributed by atoms with Crippen LogP contribution in [0.2, 0.25) is 0 Å². The first kappa shape index (κ1) is 4.80. The summed E-state index contributed by atoms with van der Waals surface area (Å²) in [5, 5.41) is 3.57. The Morgan fingerprint density at radius 3 is 2.38 bits per heavy atom. The van der Waals surface area contributed by atoms with E-state index in [4.69, 9.17) is 0 Å². The molecule has 2 fully saturated rings. The van der Waals surface area contributed by atoms with Crippen molar-refractivity contribution in [3.63, 3.8) is 0 Å². The van der Waals surface area contributed by atoms with Gasteiger partial charge in [0.2, 0.25) is 0 Å². The van der Waals surface area contributed by atoms with Gasteiger partial charge in [0.15, 0.2) is 0 Å². The first-order valence-electron chi connectivity index (χ1n) is 3.66. The summed E-state index contributed by atoms with van der Waals surface area (Å²) in [6.07, 6.45) is 7.22. The van der Waals surface area contributed by atoms with Crippen LogP contribution in [0.4, 0.5) is 0 Å². The fourth-order valence-corrected chi connectivity index (χ4v) is 1.61. The molecule has 1 aliphatic heterocycles. The Kier molecular flexibility index (Phi) is 0.884. The molecule has 2 aliphatic rings. The molecule has 1 saturated heterocycles. The minimum absolute atomic E-state index is 0. The summed E-state index contributed by atoms with van der Waals surface area (Å²) in [6.45, 7) is 1.28. The number of rotatable bonds is 0. The van der Waals surface area contributed by atoms with E-state index in [1.807, 2.05) is 0 Å². The Hall–Kier alpha value is -0.0400. The third-order valence-electron chi connectivity index (χ3n) is 2.44. The Morgan fingerprint density at radius 1 is 1.12 bits per heavy atom. The van der Waals surface area contributed by atoms with Crippen molar-refractivity contribution in [1.29, 1.82) is 0 Å². The predicted octanol–water partition coefficient (Wildman–Crippen LogP) is 1.54. The summed E-state index contributed by atoms with van der Waals surface area (Å²) >= 11 is 0. The van der Waals surface area contributed by atoms with E-state index in [1.165, 1.54) is 38.6 Å². The number of hydrogen-bond donors (Lipinski definition) is 1. The van der Waals surface area contributed by atoms with Crippen LogP contribution in [0.25, 0.3) is 0 Å². The fourth-order valence-electron chi connectivity index (χ4n) is 1.61. The highest BCUT2D eigenvalue weighted by atomic mass is 15.0. The molecule has 0 aromatic heterocycles. The highest BCUT2D eigenvalue weighted by Gasteiger charge is 2.42. The quantitative estimate of drug-likeness (QED) is 0.502. The van der Waals surface area contributed by atoms with Crippen molar-refractivity contribution in [1.82, 2.24) is 5.32 Å². The van der Waals surface area contributed by atoms with Crippen molar-refractivity contribution in [2.45, 2.75) is 37.6 Å². The van der Waals surface area contributed by atoms with Gasteiger partial charge in [-0.25, -0.2) is 0 Å². The van der Waals surface area contributed by atoms with Crippen molar-refractivity contribution >= 4 is 0 Å². The maximum Gasteiger partial charge on any atom is 0.0182 e. The highest BCUT2D eigenvalue weighted by molar-refractivity contribution is 5.03. The minimum Gasteiger partial charge on any atom is -0.311 e. The van der Waals surface area contributed by atoms with Crippen molar-refractivity contribution in [3.8, 4) is 0 Å². The molecule has 1 N–H and O–H groups in total. The Balaban J connectivity index is 0.000000405. The van der Waals surface area contributed by atoms with Crippen LogP contribution in [0.1, 0.15) is 33.5 Å². The lowest BCUT2D eigenvalue weighted by molar-refractivity contribution is 0.385. The second-order valence-electron chi connectivity index (χ2n) is 3.16. The fraction of sp³-hybridized carbons (Fsp3) is 1.00. The maximum absolute atomic E-state index is 3.57. The molecular formula is C7H15N. The van der Waals surface area contributed by atoms with Crippen LogP contribution in [0.15, 0.2) is 0 Å². The Bertz CT molecular complexity index is 91.1. The van der Waals surface area contributed by atoms with Gasteiger partial charge in [-0.15, -0.1) is 0 Å². The first-order chi connectivity index (χ1) is 3.91. The Labute approximate surface area is 52.0 Å². The number of piperidine rings is 1. The molecule has 48 valence electrons. The van der Waals surface area contributed by atoms with Gasteiger partial charge in [-0.1, -0.05) is 6.42 Å². The molecule has 1 heteroatoms. The van der Waals surface area contributed by atoms with Gasteiger partial charge < -0.3 is 5.32 Å². The van der Waals surface area contributed by atoms with Crippen LogP contribution in [-0.2, 0) is 0 Å². The van der Waals surface area contributed by atoms with Gasteiger partial charge in [-0.05, 0) is 32.2 Å². The molecule has 8 heavy (non-hydrogen) atoms. The smallest absolute Gasteiger partial charge is 0.0182 e. The summed E-state index contributed by atoms with van der Waals surface area (Å²) in [5.74, 6) is 0. The SMILES string of the molecule is C1CCC2(CC2)NC1.[HH]. The molecule has 0 radical (unpaired) electrons. The molecule has 0 bridgehead atoms. The minimum atomic E-state index is 0. The standard InChI is InChI=1S/C7H13N.H2/c1-2-6-8-7(3-1)4-5-7;/h8H,1-6H2;1H. The third-order valence-corrected chi connectivity index (χ3v) is 2.44. The van der Waals surface area contributed by atoms with E-state index in [-0.39, 0.29) is 1.43 Å². The van der Waals surface area contributed by atoms with E-state index in [0.29, 0.717) is 5.54 Å². The second-order valence-corrected chi connectivity index (χ2v) is 3.16. The van der Waals surface area contributed by atoms with Crippen molar-refractivity contribution in [2.24, 2.45) is 0 Å². The molecule has 0 aromatic carbocycles. The summed E-state index contributed by atoms with van der Waals surface area (Å²) in [6, 6.07) is 0.